The summed E-state index contributed by atoms with van der Waals surface area (Å²) in [5.74, 6) is 5.86. The van der Waals surface area contributed by atoms with Crippen LogP contribution in [0.25, 0.3) is 10.9 Å². The number of halogens is 3. The summed E-state index contributed by atoms with van der Waals surface area (Å²) >= 11 is 8.61. The number of nitrogens with one attached hydrogen (secondary N) is 1. The molecule has 5 nitrogen and oxygen atoms in total. The summed E-state index contributed by atoms with van der Waals surface area (Å²) in [6.45, 7) is 0.760. The zero-order valence-corrected chi connectivity index (χ0v) is 16.0. The van der Waals surface area contributed by atoms with Crippen molar-refractivity contribution >= 4 is 62.5 Å². The molecule has 8 heteroatoms. The van der Waals surface area contributed by atoms with E-state index in [9.17, 15) is 4.39 Å². The van der Waals surface area contributed by atoms with Crippen LogP contribution in [0, 0.1) is 9.39 Å². The third-order valence-corrected chi connectivity index (χ3v) is 5.69. The van der Waals surface area contributed by atoms with Gasteiger partial charge in [0, 0.05) is 15.8 Å². The molecule has 1 aliphatic heterocycles. The van der Waals surface area contributed by atoms with E-state index in [0.29, 0.717) is 16.7 Å². The first-order chi connectivity index (χ1) is 12.1. The van der Waals surface area contributed by atoms with Crippen molar-refractivity contribution in [1.82, 2.24) is 9.97 Å². The summed E-state index contributed by atoms with van der Waals surface area (Å²) in [5, 5.41) is 0.515. The Bertz CT molecular complexity index is 981. The van der Waals surface area contributed by atoms with E-state index in [2.05, 4.69) is 49.0 Å². The molecule has 0 saturated carbocycles. The van der Waals surface area contributed by atoms with Crippen LogP contribution in [-0.4, -0.2) is 16.5 Å². The number of benzene rings is 2. The normalized spacial score (nSPS) is 13.8. The Kier molecular flexibility index (Phi) is 4.38. The van der Waals surface area contributed by atoms with Crippen LogP contribution in [0.5, 0.6) is 0 Å². The molecule has 0 amide bonds. The molecule has 0 saturated heterocycles. The number of nitrogens with two attached hydrogens (primary N) is 1. The van der Waals surface area contributed by atoms with Crippen LogP contribution in [0.3, 0.4) is 0 Å². The van der Waals surface area contributed by atoms with Gasteiger partial charge in [-0.15, -0.1) is 0 Å². The minimum atomic E-state index is -0.493. The number of hydrogen-bond acceptors (Lipinski definition) is 5. The van der Waals surface area contributed by atoms with E-state index < -0.39 is 5.82 Å². The summed E-state index contributed by atoms with van der Waals surface area (Å²) in [6, 6.07) is 9.03. The van der Waals surface area contributed by atoms with E-state index in [1.54, 1.807) is 6.07 Å². The summed E-state index contributed by atoms with van der Waals surface area (Å²) in [7, 11) is 0. The maximum absolute atomic E-state index is 14.1. The number of aromatic nitrogens is 2. The lowest BCUT2D eigenvalue weighted by Crippen LogP contribution is -2.27. The molecule has 0 fully saturated rings. The van der Waals surface area contributed by atoms with Crippen molar-refractivity contribution in [1.29, 1.82) is 0 Å². The molecule has 0 unspecified atom stereocenters. The second-order valence-electron chi connectivity index (χ2n) is 5.76. The van der Waals surface area contributed by atoms with Crippen molar-refractivity contribution in [2.75, 3.05) is 16.9 Å². The molecule has 1 aliphatic rings. The number of hydrazine groups is 1. The summed E-state index contributed by atoms with van der Waals surface area (Å²) in [5.41, 5.74) is 5.34. The molecule has 128 valence electrons. The van der Waals surface area contributed by atoms with Crippen LogP contribution < -0.4 is 16.2 Å². The van der Waals surface area contributed by atoms with E-state index in [1.807, 2.05) is 12.1 Å². The zero-order valence-electron chi connectivity index (χ0n) is 13.1. The Balaban J connectivity index is 2.02. The van der Waals surface area contributed by atoms with Gasteiger partial charge in [0.05, 0.1) is 15.9 Å². The van der Waals surface area contributed by atoms with Gasteiger partial charge in [-0.25, -0.2) is 15.2 Å². The zero-order chi connectivity index (χ0) is 17.6. The van der Waals surface area contributed by atoms with Crippen molar-refractivity contribution in [2.45, 2.75) is 12.8 Å². The number of anilines is 3. The first kappa shape index (κ1) is 16.7. The van der Waals surface area contributed by atoms with Crippen LogP contribution in [0.2, 0.25) is 5.02 Å². The highest BCUT2D eigenvalue weighted by atomic mass is 127. The Morgan fingerprint density at radius 3 is 2.88 bits per heavy atom. The molecule has 25 heavy (non-hydrogen) atoms. The SMILES string of the molecule is NNc1nc(N2CCCc3c(I)cccc32)c2c(Cl)c(F)ccc2n1. The quantitative estimate of drug-likeness (QED) is 0.331. The van der Waals surface area contributed by atoms with Gasteiger partial charge in [0.25, 0.3) is 0 Å². The number of nitrogen functional groups attached to an aromatic ring is 1. The van der Waals surface area contributed by atoms with Crippen LogP contribution >= 0.6 is 34.2 Å². The first-order valence-corrected chi connectivity index (χ1v) is 9.23. The molecule has 4 rings (SSSR count). The first-order valence-electron chi connectivity index (χ1n) is 7.77. The van der Waals surface area contributed by atoms with E-state index in [0.717, 1.165) is 25.1 Å². The van der Waals surface area contributed by atoms with Gasteiger partial charge >= 0.3 is 0 Å². The molecule has 2 aromatic carbocycles. The monoisotopic (exact) mass is 469 g/mol. The van der Waals surface area contributed by atoms with Crippen LogP contribution in [-0.2, 0) is 6.42 Å². The lowest BCUT2D eigenvalue weighted by atomic mass is 10.0. The minimum absolute atomic E-state index is 0.0221. The second-order valence-corrected chi connectivity index (χ2v) is 7.30. The smallest absolute Gasteiger partial charge is 0.239 e. The molecule has 0 spiro atoms. The molecule has 3 N–H and O–H groups in total. The van der Waals surface area contributed by atoms with Crippen molar-refractivity contribution in [3.8, 4) is 0 Å². The molecule has 2 heterocycles. The summed E-state index contributed by atoms with van der Waals surface area (Å²) in [6.07, 6.45) is 1.97. The molecule has 0 bridgehead atoms. The van der Waals surface area contributed by atoms with E-state index in [4.69, 9.17) is 17.4 Å². The number of hydrogen-bond donors (Lipinski definition) is 2. The largest absolute Gasteiger partial charge is 0.325 e. The Hall–Kier alpha value is -1.71. The maximum Gasteiger partial charge on any atom is 0.239 e. The van der Waals surface area contributed by atoms with Crippen molar-refractivity contribution in [3.63, 3.8) is 0 Å². The fourth-order valence-electron chi connectivity index (χ4n) is 3.20. The van der Waals surface area contributed by atoms with E-state index in [-0.39, 0.29) is 11.0 Å². The Labute approximate surface area is 162 Å². The van der Waals surface area contributed by atoms with Gasteiger partial charge in [-0.2, -0.15) is 4.98 Å². The van der Waals surface area contributed by atoms with Crippen molar-refractivity contribution in [2.24, 2.45) is 5.84 Å². The molecule has 0 aliphatic carbocycles. The predicted molar refractivity (Wildman–Crippen MR) is 107 cm³/mol. The molecule has 1 aromatic heterocycles. The van der Waals surface area contributed by atoms with Crippen LogP contribution in [0.15, 0.2) is 30.3 Å². The predicted octanol–water partition coefficient (Wildman–Crippen LogP) is 4.40. The van der Waals surface area contributed by atoms with Crippen LogP contribution in [0.4, 0.5) is 21.8 Å². The maximum atomic E-state index is 14.1. The van der Waals surface area contributed by atoms with Gasteiger partial charge < -0.3 is 4.90 Å². The average Bonchev–Trinajstić information content (AvgIpc) is 2.64. The van der Waals surface area contributed by atoms with E-state index in [1.165, 1.54) is 15.2 Å². The number of nitrogens with zero attached hydrogens (tertiary/aromatic N) is 3. The minimum Gasteiger partial charge on any atom is -0.325 e. The molecule has 0 radical (unpaired) electrons. The van der Waals surface area contributed by atoms with Gasteiger partial charge in [0.2, 0.25) is 5.95 Å². The fourth-order valence-corrected chi connectivity index (χ4v) is 4.20. The lowest BCUT2D eigenvalue weighted by Gasteiger charge is -2.32. The highest BCUT2D eigenvalue weighted by Gasteiger charge is 2.25. The van der Waals surface area contributed by atoms with Gasteiger partial charge in [0.1, 0.15) is 11.6 Å². The highest BCUT2D eigenvalue weighted by Crippen LogP contribution is 2.40. The van der Waals surface area contributed by atoms with Crippen molar-refractivity contribution in [3.05, 3.63) is 50.3 Å². The van der Waals surface area contributed by atoms with Gasteiger partial charge in [-0.3, -0.25) is 5.43 Å². The van der Waals surface area contributed by atoms with Crippen LogP contribution in [0.1, 0.15) is 12.0 Å². The number of rotatable bonds is 2. The van der Waals surface area contributed by atoms with Gasteiger partial charge in [-0.05, 0) is 65.3 Å². The fraction of sp³-hybridized carbons (Fsp3) is 0.176. The van der Waals surface area contributed by atoms with E-state index >= 15 is 0 Å². The van der Waals surface area contributed by atoms with Gasteiger partial charge in [-0.1, -0.05) is 17.7 Å². The number of fused-ring (bicyclic) bond motifs is 2. The molecule has 3 aromatic rings. The van der Waals surface area contributed by atoms with Crippen molar-refractivity contribution < 1.29 is 4.39 Å². The highest BCUT2D eigenvalue weighted by molar-refractivity contribution is 14.1. The third kappa shape index (κ3) is 2.80. The summed E-state index contributed by atoms with van der Waals surface area (Å²) < 4.78 is 15.3. The topological polar surface area (TPSA) is 67.1 Å². The molecular formula is C17H14ClFIN5. The molecular weight excluding hydrogens is 456 g/mol. The standard InChI is InChI=1S/C17H14ClFIN5/c18-15-10(19)6-7-12-14(15)16(23-17(22-12)24-21)25-8-2-3-9-11(20)4-1-5-13(9)25/h1,4-7H,2-3,8,21H2,(H,22,23,24). The second kappa shape index (κ2) is 6.54. The Morgan fingerprint density at radius 1 is 1.24 bits per heavy atom. The average molecular weight is 470 g/mol. The van der Waals surface area contributed by atoms with Gasteiger partial charge in [0.15, 0.2) is 0 Å². The molecule has 0 atom stereocenters. The lowest BCUT2D eigenvalue weighted by molar-refractivity contribution is 0.630. The third-order valence-electron chi connectivity index (χ3n) is 4.31. The Morgan fingerprint density at radius 2 is 2.08 bits per heavy atom. The summed E-state index contributed by atoms with van der Waals surface area (Å²) in [4.78, 5) is 10.9.